The van der Waals surface area contributed by atoms with E-state index in [1.807, 2.05) is 13.8 Å². The second-order valence-corrected chi connectivity index (χ2v) is 8.28. The topological polar surface area (TPSA) is 97.4 Å². The van der Waals surface area contributed by atoms with Crippen LogP contribution in [0, 0.1) is 11.7 Å². The molecule has 29 heavy (non-hydrogen) atoms. The van der Waals surface area contributed by atoms with Gasteiger partial charge in [-0.2, -0.15) is 0 Å². The van der Waals surface area contributed by atoms with Crippen molar-refractivity contribution in [2.24, 2.45) is 5.92 Å². The number of nitrogens with one attached hydrogen (secondary N) is 2. The van der Waals surface area contributed by atoms with E-state index in [4.69, 9.17) is 4.74 Å². The van der Waals surface area contributed by atoms with Crippen molar-refractivity contribution in [1.82, 2.24) is 10.3 Å². The first-order chi connectivity index (χ1) is 13.7. The summed E-state index contributed by atoms with van der Waals surface area (Å²) in [5, 5.41) is 6.07. The average molecular weight is 424 g/mol. The van der Waals surface area contributed by atoms with Crippen LogP contribution < -0.4 is 10.6 Å². The zero-order chi connectivity index (χ0) is 21.6. The predicted molar refractivity (Wildman–Crippen MR) is 110 cm³/mol. The fourth-order valence-electron chi connectivity index (χ4n) is 2.90. The van der Waals surface area contributed by atoms with Gasteiger partial charge in [-0.15, -0.1) is 0 Å². The molecular formula is C20H26FN3O4S. The van der Waals surface area contributed by atoms with Gasteiger partial charge in [0.25, 0.3) is 0 Å². The second kappa shape index (κ2) is 10.4. The lowest BCUT2D eigenvalue weighted by atomic mass is 10.0. The number of methoxy groups -OCH3 is 1. The van der Waals surface area contributed by atoms with Gasteiger partial charge in [0.15, 0.2) is 5.13 Å². The summed E-state index contributed by atoms with van der Waals surface area (Å²) in [7, 11) is 1.30. The number of anilines is 1. The van der Waals surface area contributed by atoms with Crippen molar-refractivity contribution in [3.05, 3.63) is 24.0 Å². The number of halogens is 1. The van der Waals surface area contributed by atoms with Crippen LogP contribution in [-0.2, 0) is 19.1 Å². The lowest BCUT2D eigenvalue weighted by Crippen LogP contribution is -2.47. The third-order valence-corrected chi connectivity index (χ3v) is 5.28. The number of amides is 1. The van der Waals surface area contributed by atoms with Gasteiger partial charge in [-0.25, -0.2) is 9.37 Å². The molecule has 0 aliphatic rings. The van der Waals surface area contributed by atoms with Gasteiger partial charge in [0.2, 0.25) is 5.91 Å². The van der Waals surface area contributed by atoms with E-state index in [2.05, 4.69) is 15.6 Å². The summed E-state index contributed by atoms with van der Waals surface area (Å²) >= 11 is 1.18. The first kappa shape index (κ1) is 22.9. The van der Waals surface area contributed by atoms with E-state index in [-0.39, 0.29) is 36.3 Å². The van der Waals surface area contributed by atoms with Crippen LogP contribution in [0.5, 0.6) is 0 Å². The van der Waals surface area contributed by atoms with Crippen LogP contribution in [0.15, 0.2) is 18.2 Å². The van der Waals surface area contributed by atoms with Crippen molar-refractivity contribution >= 4 is 44.3 Å². The zero-order valence-electron chi connectivity index (χ0n) is 17.0. The molecule has 2 aromatic rings. The summed E-state index contributed by atoms with van der Waals surface area (Å²) in [5.41, 5.74) is 0.601. The Labute approximate surface area is 173 Å². The second-order valence-electron chi connectivity index (χ2n) is 7.25. The highest BCUT2D eigenvalue weighted by Crippen LogP contribution is 2.26. The Morgan fingerprint density at radius 1 is 1.24 bits per heavy atom. The summed E-state index contributed by atoms with van der Waals surface area (Å²) in [6, 6.07) is 2.96. The van der Waals surface area contributed by atoms with Gasteiger partial charge in [0, 0.05) is 6.42 Å². The number of hydrogen-bond donors (Lipinski definition) is 2. The van der Waals surface area contributed by atoms with E-state index in [1.54, 1.807) is 6.07 Å². The van der Waals surface area contributed by atoms with Crippen LogP contribution in [0.1, 0.15) is 40.0 Å². The Hall–Kier alpha value is -2.39. The highest BCUT2D eigenvalue weighted by Gasteiger charge is 2.26. The quantitative estimate of drug-likeness (QED) is 0.569. The molecule has 1 aromatic heterocycles. The molecule has 0 aliphatic carbocycles. The van der Waals surface area contributed by atoms with E-state index in [0.717, 1.165) is 0 Å². The number of carbonyl (C=O) groups is 3. The number of hydrogen-bond acceptors (Lipinski definition) is 7. The molecule has 1 heterocycles. The number of ketones is 1. The molecule has 2 unspecified atom stereocenters. The van der Waals surface area contributed by atoms with Gasteiger partial charge in [-0.05, 0) is 43.9 Å². The van der Waals surface area contributed by atoms with Gasteiger partial charge in [-0.3, -0.25) is 19.7 Å². The Morgan fingerprint density at radius 2 is 1.97 bits per heavy atom. The van der Waals surface area contributed by atoms with E-state index in [1.165, 1.54) is 37.5 Å². The van der Waals surface area contributed by atoms with Crippen molar-refractivity contribution in [2.75, 3.05) is 12.4 Å². The summed E-state index contributed by atoms with van der Waals surface area (Å²) < 4.78 is 18.7. The number of benzene rings is 1. The molecule has 0 saturated carbocycles. The fourth-order valence-corrected chi connectivity index (χ4v) is 3.81. The number of fused-ring (bicyclic) bond motifs is 1. The average Bonchev–Trinajstić information content (AvgIpc) is 3.03. The number of aromatic nitrogens is 1. The maximum absolute atomic E-state index is 13.3. The van der Waals surface area contributed by atoms with Gasteiger partial charge < -0.3 is 10.1 Å². The number of ether oxygens (including phenoxy) is 1. The standard InChI is InChI=1S/C20H26FN3O4S/c1-11(2)9-16(19(27)28-4)22-14(12(3)25)7-8-18(26)24-20-23-15-6-5-13(21)10-17(15)29-20/h5-6,10-11,14,16,22H,7-9H2,1-4H3,(H,23,24,26). The highest BCUT2D eigenvalue weighted by atomic mass is 32.1. The first-order valence-electron chi connectivity index (χ1n) is 9.39. The molecule has 1 amide bonds. The molecule has 0 bridgehead atoms. The largest absolute Gasteiger partial charge is 0.468 e. The Kier molecular flexibility index (Phi) is 8.21. The highest BCUT2D eigenvalue weighted by molar-refractivity contribution is 7.22. The summed E-state index contributed by atoms with van der Waals surface area (Å²) in [5.74, 6) is -1.04. The van der Waals surface area contributed by atoms with Crippen molar-refractivity contribution in [1.29, 1.82) is 0 Å². The van der Waals surface area contributed by atoms with E-state index < -0.39 is 18.1 Å². The molecule has 0 aliphatic heterocycles. The van der Waals surface area contributed by atoms with Crippen LogP contribution in [0.25, 0.3) is 10.2 Å². The van der Waals surface area contributed by atoms with E-state index >= 15 is 0 Å². The molecule has 0 saturated heterocycles. The summed E-state index contributed by atoms with van der Waals surface area (Å²) in [6.07, 6.45) is 0.814. The van der Waals surface area contributed by atoms with Gasteiger partial charge in [0.1, 0.15) is 17.6 Å². The molecule has 2 atom stereocenters. The lowest BCUT2D eigenvalue weighted by Gasteiger charge is -2.23. The molecular weight excluding hydrogens is 397 g/mol. The molecule has 7 nitrogen and oxygen atoms in total. The Bertz CT molecular complexity index is 884. The number of carbonyl (C=O) groups excluding carboxylic acids is 3. The van der Waals surface area contributed by atoms with Crippen LogP contribution >= 0.6 is 11.3 Å². The minimum atomic E-state index is -0.645. The van der Waals surface area contributed by atoms with E-state index in [0.29, 0.717) is 21.8 Å². The summed E-state index contributed by atoms with van der Waals surface area (Å²) in [6.45, 7) is 5.36. The SMILES string of the molecule is COC(=O)C(CC(C)C)NC(CCC(=O)Nc1nc2ccc(F)cc2s1)C(C)=O. The zero-order valence-corrected chi connectivity index (χ0v) is 17.8. The predicted octanol–water partition coefficient (Wildman–Crippen LogP) is 3.29. The van der Waals surface area contributed by atoms with Gasteiger partial charge in [-0.1, -0.05) is 25.2 Å². The number of rotatable bonds is 10. The van der Waals surface area contributed by atoms with Crippen molar-refractivity contribution < 1.29 is 23.5 Å². The molecule has 2 rings (SSSR count). The van der Waals surface area contributed by atoms with Gasteiger partial charge in [0.05, 0.1) is 23.4 Å². The van der Waals surface area contributed by atoms with Crippen LogP contribution in [0.3, 0.4) is 0 Å². The van der Waals surface area contributed by atoms with Crippen LogP contribution in [0.2, 0.25) is 0 Å². The minimum absolute atomic E-state index is 0.0666. The lowest BCUT2D eigenvalue weighted by molar-refractivity contribution is -0.144. The van der Waals surface area contributed by atoms with Crippen molar-refractivity contribution in [2.45, 2.75) is 52.1 Å². The summed E-state index contributed by atoms with van der Waals surface area (Å²) in [4.78, 5) is 40.5. The molecule has 9 heteroatoms. The monoisotopic (exact) mass is 423 g/mol. The Balaban J connectivity index is 1.96. The molecule has 2 N–H and O–H groups in total. The maximum Gasteiger partial charge on any atom is 0.322 e. The molecule has 158 valence electrons. The number of nitrogens with zero attached hydrogens (tertiary/aromatic N) is 1. The molecule has 0 fully saturated rings. The third kappa shape index (κ3) is 6.86. The minimum Gasteiger partial charge on any atom is -0.468 e. The van der Waals surface area contributed by atoms with E-state index in [9.17, 15) is 18.8 Å². The maximum atomic E-state index is 13.3. The van der Waals surface area contributed by atoms with Crippen molar-refractivity contribution in [3.8, 4) is 0 Å². The normalized spacial score (nSPS) is 13.3. The molecule has 0 radical (unpaired) electrons. The molecule has 1 aromatic carbocycles. The number of thiazole rings is 1. The van der Waals surface area contributed by atoms with Crippen molar-refractivity contribution in [3.63, 3.8) is 0 Å². The number of Topliss-reactive ketones (excluding diaryl/α,β-unsaturated/α-hetero) is 1. The third-order valence-electron chi connectivity index (χ3n) is 4.34. The van der Waals surface area contributed by atoms with Crippen LogP contribution in [0.4, 0.5) is 9.52 Å². The molecule has 0 spiro atoms. The van der Waals surface area contributed by atoms with Gasteiger partial charge >= 0.3 is 5.97 Å². The van der Waals surface area contributed by atoms with Crippen LogP contribution in [-0.4, -0.2) is 41.8 Å². The fraction of sp³-hybridized carbons (Fsp3) is 0.500. The number of esters is 1. The first-order valence-corrected chi connectivity index (χ1v) is 10.2. The smallest absolute Gasteiger partial charge is 0.322 e. The Morgan fingerprint density at radius 3 is 2.59 bits per heavy atom.